The molecule has 0 aliphatic carbocycles. The molecule has 1 N–H and O–H groups in total. The van der Waals surface area contributed by atoms with Crippen LogP contribution < -0.4 is 0 Å². The number of phenols is 1. The molecule has 2 bridgehead atoms. The number of carbonyl (C=O) groups excluding carboxylic acids is 1. The van der Waals surface area contributed by atoms with E-state index in [0.29, 0.717) is 30.7 Å². The van der Waals surface area contributed by atoms with Gasteiger partial charge in [-0.2, -0.15) is 0 Å². The van der Waals surface area contributed by atoms with Crippen LogP contribution in [0.3, 0.4) is 0 Å². The second-order valence-corrected chi connectivity index (χ2v) is 7.35. The molecule has 25 heavy (non-hydrogen) atoms. The number of allylic oxidation sites excluding steroid dienone is 1. The van der Waals surface area contributed by atoms with Crippen LogP contribution >= 0.6 is 0 Å². The van der Waals surface area contributed by atoms with Gasteiger partial charge in [-0.15, -0.1) is 0 Å². The molecular formula is C21H28O4. The van der Waals surface area contributed by atoms with Crippen molar-refractivity contribution in [3.05, 3.63) is 41.5 Å². The predicted octanol–water partition coefficient (Wildman–Crippen LogP) is 4.40. The molecule has 0 saturated carbocycles. The molecule has 1 saturated heterocycles. The van der Waals surface area contributed by atoms with Gasteiger partial charge < -0.3 is 14.6 Å². The van der Waals surface area contributed by atoms with E-state index in [-0.39, 0.29) is 24.1 Å². The number of aromatic hydroxyl groups is 1. The van der Waals surface area contributed by atoms with Crippen molar-refractivity contribution in [2.24, 2.45) is 5.92 Å². The minimum atomic E-state index is -0.420. The lowest BCUT2D eigenvalue weighted by Crippen LogP contribution is -2.37. The maximum Gasteiger partial charge on any atom is 0.342 e. The highest BCUT2D eigenvalue weighted by atomic mass is 16.5. The molecule has 0 spiro atoms. The summed E-state index contributed by atoms with van der Waals surface area (Å²) in [6.45, 7) is 4.34. The molecule has 4 nitrogen and oxygen atoms in total. The SMILES string of the molecule is CC/C=C/CC1C[C@H]2CC(C)CC(Cc3cccc(O)c3C(=O)O1)O2. The van der Waals surface area contributed by atoms with Crippen molar-refractivity contribution in [3.63, 3.8) is 0 Å². The number of rotatable bonds is 3. The number of phenolic OH excluding ortho intramolecular Hbond substituents is 1. The van der Waals surface area contributed by atoms with Crippen LogP contribution in [0.15, 0.2) is 30.4 Å². The molecule has 4 heteroatoms. The first kappa shape index (κ1) is 18.0. The van der Waals surface area contributed by atoms with E-state index in [1.807, 2.05) is 6.07 Å². The van der Waals surface area contributed by atoms with Crippen molar-refractivity contribution in [3.8, 4) is 5.75 Å². The summed E-state index contributed by atoms with van der Waals surface area (Å²) in [5.74, 6) is 0.161. The van der Waals surface area contributed by atoms with E-state index < -0.39 is 5.97 Å². The molecule has 2 aliphatic heterocycles. The summed E-state index contributed by atoms with van der Waals surface area (Å²) in [7, 11) is 0. The molecule has 136 valence electrons. The van der Waals surface area contributed by atoms with Gasteiger partial charge in [0.05, 0.1) is 12.2 Å². The normalized spacial score (nSPS) is 29.9. The van der Waals surface area contributed by atoms with Crippen molar-refractivity contribution < 1.29 is 19.4 Å². The van der Waals surface area contributed by atoms with Crippen LogP contribution in [0.5, 0.6) is 5.75 Å². The molecule has 1 aromatic carbocycles. The second-order valence-electron chi connectivity index (χ2n) is 7.35. The lowest BCUT2D eigenvalue weighted by Gasteiger charge is -2.36. The van der Waals surface area contributed by atoms with Crippen LogP contribution in [-0.2, 0) is 15.9 Å². The minimum absolute atomic E-state index is 0.00803. The number of cyclic esters (lactones) is 1. The minimum Gasteiger partial charge on any atom is -0.507 e. The zero-order chi connectivity index (χ0) is 17.8. The maximum atomic E-state index is 12.7. The Morgan fingerprint density at radius 1 is 1.20 bits per heavy atom. The van der Waals surface area contributed by atoms with Crippen LogP contribution in [0.2, 0.25) is 0 Å². The van der Waals surface area contributed by atoms with Crippen molar-refractivity contribution >= 4 is 5.97 Å². The van der Waals surface area contributed by atoms with Crippen LogP contribution in [0.25, 0.3) is 0 Å². The number of fused-ring (bicyclic) bond motifs is 3. The lowest BCUT2D eigenvalue weighted by molar-refractivity contribution is -0.0870. The summed E-state index contributed by atoms with van der Waals surface area (Å²) in [6.07, 6.45) is 9.14. The number of carbonyl (C=O) groups is 1. The van der Waals surface area contributed by atoms with E-state index >= 15 is 0 Å². The fraction of sp³-hybridized carbons (Fsp3) is 0.571. The Labute approximate surface area is 149 Å². The first-order valence-corrected chi connectivity index (χ1v) is 9.39. The molecule has 0 aromatic heterocycles. The highest BCUT2D eigenvalue weighted by Gasteiger charge is 2.33. The number of esters is 1. The summed E-state index contributed by atoms with van der Waals surface area (Å²) in [6, 6.07) is 5.21. The summed E-state index contributed by atoms with van der Waals surface area (Å²) in [5.41, 5.74) is 1.11. The summed E-state index contributed by atoms with van der Waals surface area (Å²) < 4.78 is 12.1. The largest absolute Gasteiger partial charge is 0.507 e. The number of hydrogen-bond donors (Lipinski definition) is 1. The standard InChI is InChI=1S/C21H28O4/c1-3-4-5-8-16-13-18-11-14(2)10-17(24-18)12-15-7-6-9-19(22)20(15)21(23)25-16/h4-7,9,14,16-18,22H,3,8,10-13H2,1-2H3/b5-4+/t14?,16?,17?,18-/m1/s1. The molecule has 0 radical (unpaired) electrons. The van der Waals surface area contributed by atoms with Crippen LogP contribution in [-0.4, -0.2) is 29.4 Å². The third-order valence-corrected chi connectivity index (χ3v) is 5.10. The quantitative estimate of drug-likeness (QED) is 0.652. The highest BCUT2D eigenvalue weighted by Crippen LogP contribution is 2.33. The maximum absolute atomic E-state index is 12.7. The van der Waals surface area contributed by atoms with Crippen LogP contribution in [0, 0.1) is 5.92 Å². The molecule has 3 rings (SSSR count). The van der Waals surface area contributed by atoms with Gasteiger partial charge in [0.15, 0.2) is 0 Å². The summed E-state index contributed by atoms with van der Waals surface area (Å²) in [4.78, 5) is 12.7. The summed E-state index contributed by atoms with van der Waals surface area (Å²) in [5, 5.41) is 10.2. The van der Waals surface area contributed by atoms with E-state index in [9.17, 15) is 9.90 Å². The van der Waals surface area contributed by atoms with E-state index in [0.717, 1.165) is 24.8 Å². The third-order valence-electron chi connectivity index (χ3n) is 5.10. The van der Waals surface area contributed by atoms with Gasteiger partial charge in [0.1, 0.15) is 17.4 Å². The van der Waals surface area contributed by atoms with E-state index in [4.69, 9.17) is 9.47 Å². The number of ether oxygens (including phenoxy) is 2. The Morgan fingerprint density at radius 3 is 2.80 bits per heavy atom. The fourth-order valence-electron chi connectivity index (χ4n) is 4.01. The molecule has 2 heterocycles. The summed E-state index contributed by atoms with van der Waals surface area (Å²) >= 11 is 0. The number of hydrogen-bond acceptors (Lipinski definition) is 4. The Bertz CT molecular complexity index is 637. The van der Waals surface area contributed by atoms with Crippen molar-refractivity contribution in [2.45, 2.75) is 70.7 Å². The molecule has 3 unspecified atom stereocenters. The first-order valence-electron chi connectivity index (χ1n) is 9.39. The van der Waals surface area contributed by atoms with Gasteiger partial charge in [-0.1, -0.05) is 38.1 Å². The third kappa shape index (κ3) is 4.43. The average Bonchev–Trinajstić information content (AvgIpc) is 2.53. The van der Waals surface area contributed by atoms with E-state index in [1.54, 1.807) is 12.1 Å². The van der Waals surface area contributed by atoms with Gasteiger partial charge in [-0.25, -0.2) is 4.79 Å². The Balaban J connectivity index is 1.92. The lowest BCUT2D eigenvalue weighted by atomic mass is 9.87. The Morgan fingerprint density at radius 2 is 2.00 bits per heavy atom. The Kier molecular flexibility index (Phi) is 5.79. The molecular weight excluding hydrogens is 316 g/mol. The first-order chi connectivity index (χ1) is 12.1. The predicted molar refractivity (Wildman–Crippen MR) is 96.7 cm³/mol. The van der Waals surface area contributed by atoms with Crippen molar-refractivity contribution in [1.29, 1.82) is 0 Å². The fourth-order valence-corrected chi connectivity index (χ4v) is 4.01. The zero-order valence-corrected chi connectivity index (χ0v) is 15.1. The van der Waals surface area contributed by atoms with Crippen LogP contribution in [0.4, 0.5) is 0 Å². The van der Waals surface area contributed by atoms with Gasteiger partial charge in [0, 0.05) is 12.8 Å². The average molecular weight is 344 g/mol. The topological polar surface area (TPSA) is 55.8 Å². The van der Waals surface area contributed by atoms with Gasteiger partial charge in [-0.3, -0.25) is 0 Å². The van der Waals surface area contributed by atoms with Gasteiger partial charge in [-0.05, 0) is 43.2 Å². The second kappa shape index (κ2) is 8.05. The molecule has 0 amide bonds. The van der Waals surface area contributed by atoms with Gasteiger partial charge in [0.25, 0.3) is 0 Å². The smallest absolute Gasteiger partial charge is 0.342 e. The molecule has 1 aromatic rings. The molecule has 4 atom stereocenters. The number of benzene rings is 1. The molecule has 2 aliphatic rings. The van der Waals surface area contributed by atoms with Crippen molar-refractivity contribution in [1.82, 2.24) is 0 Å². The Hall–Kier alpha value is -1.81. The van der Waals surface area contributed by atoms with Crippen LogP contribution in [0.1, 0.15) is 61.9 Å². The van der Waals surface area contributed by atoms with Crippen molar-refractivity contribution in [2.75, 3.05) is 0 Å². The zero-order valence-electron chi connectivity index (χ0n) is 15.1. The molecule has 1 fully saturated rings. The van der Waals surface area contributed by atoms with E-state index in [2.05, 4.69) is 26.0 Å². The monoisotopic (exact) mass is 344 g/mol. The van der Waals surface area contributed by atoms with E-state index in [1.165, 1.54) is 0 Å². The van der Waals surface area contributed by atoms with Gasteiger partial charge in [0.2, 0.25) is 0 Å². The van der Waals surface area contributed by atoms with Gasteiger partial charge >= 0.3 is 5.97 Å². The highest BCUT2D eigenvalue weighted by molar-refractivity contribution is 5.94.